The molecule has 12 heteroatoms. The van der Waals surface area contributed by atoms with E-state index in [9.17, 15) is 23.4 Å². The number of ether oxygens (including phenoxy) is 2. The summed E-state index contributed by atoms with van der Waals surface area (Å²) in [6.07, 6.45) is -1.36. The lowest BCUT2D eigenvalue weighted by Crippen LogP contribution is -2.73. The van der Waals surface area contributed by atoms with E-state index < -0.39 is 46.3 Å². The van der Waals surface area contributed by atoms with Crippen LogP contribution in [-0.2, 0) is 41.1 Å². The Morgan fingerprint density at radius 2 is 1.70 bits per heavy atom. The molecular formula is C31H31N3O7S2. The Balaban J connectivity index is 1.44. The Hall–Kier alpha value is -4.29. The third kappa shape index (κ3) is 6.55. The molecule has 0 aliphatic carbocycles. The Bertz CT molecular complexity index is 1500. The number of carbonyl (C=O) groups excluding carboxylic acids is 4. The average Bonchev–Trinajstić information content (AvgIpc) is 3.54. The smallest absolute Gasteiger partial charge is 0.409 e. The highest BCUT2D eigenvalue weighted by molar-refractivity contribution is 7.86. The van der Waals surface area contributed by atoms with E-state index in [1.165, 1.54) is 16.2 Å². The second kappa shape index (κ2) is 13.3. The van der Waals surface area contributed by atoms with Crippen molar-refractivity contribution < 1.29 is 32.9 Å². The summed E-state index contributed by atoms with van der Waals surface area (Å²) in [6, 6.07) is 20.9. The molecule has 3 atom stereocenters. The Morgan fingerprint density at radius 3 is 2.28 bits per heavy atom. The van der Waals surface area contributed by atoms with Crippen molar-refractivity contribution in [2.75, 3.05) is 26.0 Å². The average molecular weight is 622 g/mol. The van der Waals surface area contributed by atoms with Crippen LogP contribution in [0.5, 0.6) is 0 Å². The maximum atomic E-state index is 14.0. The zero-order chi connectivity index (χ0) is 30.5. The molecule has 1 N–H and O–H groups in total. The van der Waals surface area contributed by atoms with Crippen molar-refractivity contribution in [1.82, 2.24) is 15.1 Å². The normalized spacial score (nSPS) is 19.4. The summed E-state index contributed by atoms with van der Waals surface area (Å²) in [6.45, 7) is 1.82. The number of β-lactam (4-membered cyclic amide) rings is 1. The van der Waals surface area contributed by atoms with E-state index >= 15 is 0 Å². The van der Waals surface area contributed by atoms with Gasteiger partial charge in [0.25, 0.3) is 5.91 Å². The van der Waals surface area contributed by atoms with Crippen LogP contribution in [0, 0.1) is 0 Å². The monoisotopic (exact) mass is 621 g/mol. The molecule has 2 aromatic carbocycles. The quantitative estimate of drug-likeness (QED) is 0.272. The van der Waals surface area contributed by atoms with Crippen molar-refractivity contribution in [2.45, 2.75) is 30.9 Å². The number of hydrogen-bond donors (Lipinski definition) is 1. The minimum absolute atomic E-state index is 0.0769. The van der Waals surface area contributed by atoms with Crippen molar-refractivity contribution in [3.05, 3.63) is 105 Å². The van der Waals surface area contributed by atoms with Crippen molar-refractivity contribution in [3.63, 3.8) is 0 Å². The van der Waals surface area contributed by atoms with E-state index in [1.807, 2.05) is 78.2 Å². The number of carbonyl (C=O) groups is 4. The highest BCUT2D eigenvalue weighted by atomic mass is 32.2. The van der Waals surface area contributed by atoms with Crippen molar-refractivity contribution in [1.29, 1.82) is 0 Å². The first-order valence-corrected chi connectivity index (χ1v) is 16.0. The first-order valence-electron chi connectivity index (χ1n) is 13.7. The van der Waals surface area contributed by atoms with Gasteiger partial charge in [-0.2, -0.15) is 0 Å². The van der Waals surface area contributed by atoms with E-state index in [1.54, 1.807) is 14.0 Å². The Kier molecular flexibility index (Phi) is 9.37. The number of fused-ring (bicyclic) bond motifs is 1. The summed E-state index contributed by atoms with van der Waals surface area (Å²) in [7, 11) is -0.128. The molecule has 3 amide bonds. The molecule has 3 aromatic rings. The number of esters is 1. The van der Waals surface area contributed by atoms with Crippen LogP contribution in [0.3, 0.4) is 0 Å². The van der Waals surface area contributed by atoms with Crippen LogP contribution in [0.25, 0.3) is 0 Å². The Morgan fingerprint density at radius 1 is 1.05 bits per heavy atom. The van der Waals surface area contributed by atoms with Crippen LogP contribution < -0.4 is 5.32 Å². The molecule has 43 heavy (non-hydrogen) atoms. The fourth-order valence-electron chi connectivity index (χ4n) is 4.88. The van der Waals surface area contributed by atoms with E-state index in [0.29, 0.717) is 17.7 Å². The van der Waals surface area contributed by atoms with Gasteiger partial charge in [0.15, 0.2) is 6.10 Å². The third-order valence-corrected chi connectivity index (χ3v) is 9.75. The van der Waals surface area contributed by atoms with Crippen molar-refractivity contribution in [2.24, 2.45) is 0 Å². The summed E-state index contributed by atoms with van der Waals surface area (Å²) in [5.41, 5.74) is 1.51. The lowest BCUT2D eigenvalue weighted by atomic mass is 10.0. The lowest BCUT2D eigenvalue weighted by Gasteiger charge is -2.49. The molecular weight excluding hydrogens is 590 g/mol. The first-order chi connectivity index (χ1) is 20.8. The van der Waals surface area contributed by atoms with E-state index in [4.69, 9.17) is 9.47 Å². The van der Waals surface area contributed by atoms with Gasteiger partial charge in [0.2, 0.25) is 5.91 Å². The molecule has 0 spiro atoms. The summed E-state index contributed by atoms with van der Waals surface area (Å²) < 4.78 is 24.9. The fraction of sp³-hybridized carbons (Fsp3) is 0.290. The van der Waals surface area contributed by atoms with E-state index in [0.717, 1.165) is 9.78 Å². The van der Waals surface area contributed by atoms with Crippen LogP contribution in [0.4, 0.5) is 4.79 Å². The summed E-state index contributed by atoms with van der Waals surface area (Å²) in [5.74, 6) is -1.94. The number of thiophene rings is 1. The van der Waals surface area contributed by atoms with Crippen LogP contribution >= 0.6 is 11.3 Å². The minimum atomic E-state index is -1.69. The number of hydrogen-bond acceptors (Lipinski definition) is 8. The molecule has 1 unspecified atom stereocenters. The van der Waals surface area contributed by atoms with Gasteiger partial charge in [0, 0.05) is 24.0 Å². The van der Waals surface area contributed by atoms with Gasteiger partial charge in [0.05, 0.1) is 23.0 Å². The summed E-state index contributed by atoms with van der Waals surface area (Å²) in [5, 5.41) is 3.57. The molecule has 224 valence electrons. The van der Waals surface area contributed by atoms with Crippen LogP contribution in [-0.4, -0.2) is 75.3 Å². The summed E-state index contributed by atoms with van der Waals surface area (Å²) >= 11 is 1.42. The number of nitrogens with zero attached hydrogens (tertiary/aromatic N) is 2. The standard InChI is InChI=1S/C31H31N3O7S2/c1-3-33(2)31(38)40-18-22-19-43(39)29-25(32-24(35)17-23-15-10-16-42-23)28(36)34(29)26(22)30(37)41-27(20-11-6-4-7-12-20)21-13-8-5-9-14-21/h4-16,25,27,29H,3,17-19H2,1-2H3,(H,32,35)/t25-,29-,43?/m1/s1. The minimum Gasteiger partial charge on any atom is -0.448 e. The largest absolute Gasteiger partial charge is 0.448 e. The van der Waals surface area contributed by atoms with Gasteiger partial charge in [-0.05, 0) is 29.5 Å². The SMILES string of the molecule is CCN(C)C(=O)OCC1=C(C(=O)OC(c2ccccc2)c2ccccc2)N2C(=O)[C@@H](NC(=O)Cc3cccs3)[C@H]2S(=O)C1. The number of rotatable bonds is 10. The zero-order valence-corrected chi connectivity index (χ0v) is 25.3. The molecule has 2 aliphatic rings. The first kappa shape index (κ1) is 30.2. The van der Waals surface area contributed by atoms with Gasteiger partial charge in [-0.25, -0.2) is 9.59 Å². The molecule has 1 aromatic heterocycles. The molecule has 2 aliphatic heterocycles. The molecule has 0 saturated carbocycles. The molecule has 1 fully saturated rings. The number of amides is 3. The maximum Gasteiger partial charge on any atom is 0.409 e. The molecule has 0 bridgehead atoms. The number of benzene rings is 2. The summed E-state index contributed by atoms with van der Waals surface area (Å²) in [4.78, 5) is 55.9. The molecule has 1 saturated heterocycles. The lowest BCUT2D eigenvalue weighted by molar-refractivity contribution is -0.155. The van der Waals surface area contributed by atoms with Gasteiger partial charge < -0.3 is 19.7 Å². The Labute approximate surface area is 255 Å². The maximum absolute atomic E-state index is 14.0. The van der Waals surface area contributed by atoms with Crippen LogP contribution in [0.1, 0.15) is 29.0 Å². The molecule has 5 rings (SSSR count). The highest BCUT2D eigenvalue weighted by Gasteiger charge is 2.57. The van der Waals surface area contributed by atoms with Crippen molar-refractivity contribution in [3.8, 4) is 0 Å². The zero-order valence-electron chi connectivity index (χ0n) is 23.6. The molecule has 10 nitrogen and oxygen atoms in total. The predicted molar refractivity (Wildman–Crippen MR) is 161 cm³/mol. The fourth-order valence-corrected chi connectivity index (χ4v) is 7.25. The van der Waals surface area contributed by atoms with Crippen LogP contribution in [0.2, 0.25) is 0 Å². The van der Waals surface area contributed by atoms with E-state index in [-0.39, 0.29) is 36.0 Å². The van der Waals surface area contributed by atoms with Gasteiger partial charge in [0.1, 0.15) is 23.7 Å². The van der Waals surface area contributed by atoms with Crippen molar-refractivity contribution >= 4 is 46.0 Å². The third-order valence-electron chi connectivity index (χ3n) is 7.21. The van der Waals surface area contributed by atoms with Gasteiger partial charge >= 0.3 is 12.1 Å². The van der Waals surface area contributed by atoms with E-state index in [2.05, 4.69) is 5.32 Å². The molecule has 0 radical (unpaired) electrons. The predicted octanol–water partition coefficient (Wildman–Crippen LogP) is 3.38. The highest BCUT2D eigenvalue weighted by Crippen LogP contribution is 2.37. The topological polar surface area (TPSA) is 122 Å². The van der Waals surface area contributed by atoms with Gasteiger partial charge in [-0.3, -0.25) is 18.7 Å². The number of nitrogens with one attached hydrogen (secondary N) is 1. The van der Waals surface area contributed by atoms with Gasteiger partial charge in [-0.15, -0.1) is 11.3 Å². The van der Waals surface area contributed by atoms with Gasteiger partial charge in [-0.1, -0.05) is 66.7 Å². The molecule has 3 heterocycles. The second-order valence-electron chi connectivity index (χ2n) is 10.1. The van der Waals surface area contributed by atoms with Crippen LogP contribution in [0.15, 0.2) is 89.4 Å². The second-order valence-corrected chi connectivity index (χ2v) is 12.6.